The van der Waals surface area contributed by atoms with Crippen LogP contribution in [0.1, 0.15) is 19.4 Å². The van der Waals surface area contributed by atoms with E-state index in [1.165, 1.54) is 6.07 Å². The molecular weight excluding hydrogens is 229 g/mol. The maximum Gasteiger partial charge on any atom is 0.147 e. The van der Waals surface area contributed by atoms with Gasteiger partial charge in [0.25, 0.3) is 0 Å². The molecule has 1 aromatic rings. The summed E-state index contributed by atoms with van der Waals surface area (Å²) in [5, 5.41) is 8.72. The fraction of sp³-hybridized carbons (Fsp3) is 0.500. The van der Waals surface area contributed by atoms with E-state index in [0.717, 1.165) is 26.2 Å². The van der Waals surface area contributed by atoms with E-state index in [4.69, 9.17) is 5.26 Å². The van der Waals surface area contributed by atoms with Gasteiger partial charge in [0.15, 0.2) is 0 Å². The Kier molecular flexibility index (Phi) is 3.83. The lowest BCUT2D eigenvalue weighted by atomic mass is 10.1. The van der Waals surface area contributed by atoms with Crippen LogP contribution in [0.25, 0.3) is 0 Å². The van der Waals surface area contributed by atoms with Crippen LogP contribution in [0.15, 0.2) is 18.2 Å². The highest BCUT2D eigenvalue weighted by molar-refractivity contribution is 5.51. The van der Waals surface area contributed by atoms with E-state index in [-0.39, 0.29) is 5.82 Å². The summed E-state index contributed by atoms with van der Waals surface area (Å²) in [6.45, 7) is 7.94. The van der Waals surface area contributed by atoms with Crippen LogP contribution in [0.3, 0.4) is 0 Å². The lowest BCUT2D eigenvalue weighted by Gasteiger charge is -2.38. The molecule has 2 rings (SSSR count). The highest BCUT2D eigenvalue weighted by Crippen LogP contribution is 2.22. The van der Waals surface area contributed by atoms with Gasteiger partial charge in [-0.3, -0.25) is 4.90 Å². The zero-order chi connectivity index (χ0) is 13.1. The van der Waals surface area contributed by atoms with Crippen LogP contribution >= 0.6 is 0 Å². The first-order valence-corrected chi connectivity index (χ1v) is 6.30. The minimum absolute atomic E-state index is 0.299. The van der Waals surface area contributed by atoms with E-state index >= 15 is 0 Å². The molecule has 1 heterocycles. The SMILES string of the molecule is CC(C)N1CCN(c2ccc(C#N)cc2F)CC1. The van der Waals surface area contributed by atoms with Crippen molar-refractivity contribution in [3.05, 3.63) is 29.6 Å². The average molecular weight is 247 g/mol. The molecule has 0 bridgehead atoms. The summed E-state index contributed by atoms with van der Waals surface area (Å²) in [5.41, 5.74) is 0.981. The second-order valence-corrected chi connectivity index (χ2v) is 4.89. The van der Waals surface area contributed by atoms with Gasteiger partial charge in [-0.05, 0) is 32.0 Å². The normalized spacial score (nSPS) is 16.9. The van der Waals surface area contributed by atoms with Crippen LogP contribution in [-0.2, 0) is 0 Å². The lowest BCUT2D eigenvalue weighted by molar-refractivity contribution is 0.209. The van der Waals surface area contributed by atoms with Gasteiger partial charge in [0.2, 0.25) is 0 Å². The summed E-state index contributed by atoms with van der Waals surface area (Å²) in [5.74, 6) is -0.299. The zero-order valence-electron chi connectivity index (χ0n) is 10.9. The molecule has 0 spiro atoms. The molecule has 0 unspecified atom stereocenters. The molecule has 96 valence electrons. The lowest BCUT2D eigenvalue weighted by Crippen LogP contribution is -2.49. The van der Waals surface area contributed by atoms with Crippen molar-refractivity contribution in [2.45, 2.75) is 19.9 Å². The molecule has 0 radical (unpaired) electrons. The molecule has 4 heteroatoms. The van der Waals surface area contributed by atoms with E-state index in [2.05, 4.69) is 23.6 Å². The standard InChI is InChI=1S/C14H18FN3/c1-11(2)17-5-7-18(8-6-17)14-4-3-12(10-16)9-13(14)15/h3-4,9,11H,5-8H2,1-2H3. The van der Waals surface area contributed by atoms with Gasteiger partial charge >= 0.3 is 0 Å². The summed E-state index contributed by atoms with van der Waals surface area (Å²) in [6.07, 6.45) is 0. The van der Waals surface area contributed by atoms with E-state index in [9.17, 15) is 4.39 Å². The Hall–Kier alpha value is -1.60. The highest BCUT2D eigenvalue weighted by Gasteiger charge is 2.20. The van der Waals surface area contributed by atoms with Gasteiger partial charge in [-0.25, -0.2) is 4.39 Å². The average Bonchev–Trinajstić information content (AvgIpc) is 2.38. The number of nitrogens with zero attached hydrogens (tertiary/aromatic N) is 3. The predicted octanol–water partition coefficient (Wildman–Crippen LogP) is 2.23. The van der Waals surface area contributed by atoms with Crippen molar-refractivity contribution in [3.8, 4) is 6.07 Å². The quantitative estimate of drug-likeness (QED) is 0.803. The maximum absolute atomic E-state index is 13.9. The summed E-state index contributed by atoms with van der Waals surface area (Å²) in [6, 6.07) is 7.18. The Morgan fingerprint density at radius 2 is 1.89 bits per heavy atom. The second-order valence-electron chi connectivity index (χ2n) is 4.89. The maximum atomic E-state index is 13.9. The monoisotopic (exact) mass is 247 g/mol. The molecular formula is C14H18FN3. The molecule has 18 heavy (non-hydrogen) atoms. The number of rotatable bonds is 2. The molecule has 1 fully saturated rings. The van der Waals surface area contributed by atoms with Crippen molar-refractivity contribution in [1.29, 1.82) is 5.26 Å². The number of piperazine rings is 1. The number of nitriles is 1. The van der Waals surface area contributed by atoms with E-state index < -0.39 is 0 Å². The van der Waals surface area contributed by atoms with Crippen molar-refractivity contribution in [1.82, 2.24) is 4.90 Å². The number of hydrogen-bond donors (Lipinski definition) is 0. The van der Waals surface area contributed by atoms with Crippen LogP contribution in [-0.4, -0.2) is 37.1 Å². The van der Waals surface area contributed by atoms with Gasteiger partial charge < -0.3 is 4.90 Å². The summed E-state index contributed by atoms with van der Waals surface area (Å²) >= 11 is 0. The summed E-state index contributed by atoms with van der Waals surface area (Å²) in [7, 11) is 0. The van der Waals surface area contributed by atoms with Gasteiger partial charge in [0.05, 0.1) is 17.3 Å². The Morgan fingerprint density at radius 1 is 1.22 bits per heavy atom. The van der Waals surface area contributed by atoms with Crippen LogP contribution in [0.5, 0.6) is 0 Å². The highest BCUT2D eigenvalue weighted by atomic mass is 19.1. The first-order chi connectivity index (χ1) is 8.61. The molecule has 0 atom stereocenters. The van der Waals surface area contributed by atoms with Gasteiger partial charge in [-0.15, -0.1) is 0 Å². The molecule has 1 saturated heterocycles. The van der Waals surface area contributed by atoms with E-state index in [1.54, 1.807) is 12.1 Å². The second kappa shape index (κ2) is 5.36. The predicted molar refractivity (Wildman–Crippen MR) is 70.0 cm³/mol. The van der Waals surface area contributed by atoms with Crippen molar-refractivity contribution in [3.63, 3.8) is 0 Å². The Bertz CT molecular complexity index is 457. The smallest absolute Gasteiger partial charge is 0.147 e. The summed E-state index contributed by atoms with van der Waals surface area (Å²) in [4.78, 5) is 4.44. The van der Waals surface area contributed by atoms with Gasteiger partial charge in [-0.2, -0.15) is 5.26 Å². The van der Waals surface area contributed by atoms with Crippen molar-refractivity contribution in [2.75, 3.05) is 31.1 Å². The van der Waals surface area contributed by atoms with Crippen molar-refractivity contribution >= 4 is 5.69 Å². The van der Waals surface area contributed by atoms with Crippen LogP contribution < -0.4 is 4.90 Å². The van der Waals surface area contributed by atoms with Gasteiger partial charge in [-0.1, -0.05) is 0 Å². The van der Waals surface area contributed by atoms with Gasteiger partial charge in [0.1, 0.15) is 5.82 Å². The minimum atomic E-state index is -0.299. The van der Waals surface area contributed by atoms with E-state index in [1.807, 2.05) is 6.07 Å². The number of halogens is 1. The molecule has 1 aliphatic heterocycles. The van der Waals surface area contributed by atoms with Crippen LogP contribution in [0.4, 0.5) is 10.1 Å². The van der Waals surface area contributed by atoms with Crippen LogP contribution in [0.2, 0.25) is 0 Å². The molecule has 0 aromatic heterocycles. The third-order valence-electron chi connectivity index (χ3n) is 3.46. The Morgan fingerprint density at radius 3 is 2.39 bits per heavy atom. The van der Waals surface area contributed by atoms with Gasteiger partial charge in [0, 0.05) is 32.2 Å². The third kappa shape index (κ3) is 2.62. The summed E-state index contributed by atoms with van der Waals surface area (Å²) < 4.78 is 13.9. The number of benzene rings is 1. The fourth-order valence-corrected chi connectivity index (χ4v) is 2.31. The first kappa shape index (κ1) is 12.8. The minimum Gasteiger partial charge on any atom is -0.367 e. The number of hydrogen-bond acceptors (Lipinski definition) is 3. The largest absolute Gasteiger partial charge is 0.367 e. The molecule has 0 N–H and O–H groups in total. The molecule has 1 aromatic carbocycles. The van der Waals surface area contributed by atoms with E-state index in [0.29, 0.717) is 17.3 Å². The molecule has 0 amide bonds. The topological polar surface area (TPSA) is 30.3 Å². The fourth-order valence-electron chi connectivity index (χ4n) is 2.31. The Labute approximate surface area is 107 Å². The zero-order valence-corrected chi connectivity index (χ0v) is 10.9. The molecule has 0 saturated carbocycles. The van der Waals surface area contributed by atoms with Crippen LogP contribution in [0, 0.1) is 17.1 Å². The van der Waals surface area contributed by atoms with Crippen molar-refractivity contribution < 1.29 is 4.39 Å². The Balaban J connectivity index is 2.08. The molecule has 0 aliphatic carbocycles. The van der Waals surface area contributed by atoms with Crippen molar-refractivity contribution in [2.24, 2.45) is 0 Å². The first-order valence-electron chi connectivity index (χ1n) is 6.30. The number of anilines is 1. The molecule has 3 nitrogen and oxygen atoms in total. The molecule has 1 aliphatic rings. The third-order valence-corrected chi connectivity index (χ3v) is 3.46.